The number of carbonyl (C=O) groups is 1. The van der Waals surface area contributed by atoms with E-state index in [-0.39, 0.29) is 29.8 Å². The van der Waals surface area contributed by atoms with Crippen molar-refractivity contribution in [2.45, 2.75) is 66.0 Å². The summed E-state index contributed by atoms with van der Waals surface area (Å²) >= 11 is 0. The lowest BCUT2D eigenvalue weighted by molar-refractivity contribution is -0.139. The van der Waals surface area contributed by atoms with Crippen molar-refractivity contribution < 1.29 is 4.79 Å². The van der Waals surface area contributed by atoms with Gasteiger partial charge in [0.1, 0.15) is 0 Å². The molecule has 0 fully saturated rings. The minimum atomic E-state index is -0.0402. The second-order valence-corrected chi connectivity index (χ2v) is 6.41. The summed E-state index contributed by atoms with van der Waals surface area (Å²) in [5.74, 6) is 0.400. The first-order chi connectivity index (χ1) is 9.79. The molecule has 0 saturated heterocycles. The third-order valence-corrected chi connectivity index (χ3v) is 4.14. The molecule has 0 heterocycles. The molecule has 0 aliphatic carbocycles. The van der Waals surface area contributed by atoms with Crippen molar-refractivity contribution in [1.82, 2.24) is 4.90 Å². The standard InChI is InChI=1S/C18H30N2O/c1-7-17(15-9-8-10-16(19)11-15)14(6)18(21)20(12(2)3)13(4)5/h8-14,17H,7,19H2,1-6H3. The zero-order chi connectivity index (χ0) is 16.2. The molecular weight excluding hydrogens is 260 g/mol. The molecule has 0 saturated carbocycles. The highest BCUT2D eigenvalue weighted by Gasteiger charge is 2.30. The predicted molar refractivity (Wildman–Crippen MR) is 90.2 cm³/mol. The van der Waals surface area contributed by atoms with Crippen molar-refractivity contribution in [3.8, 4) is 0 Å². The Labute approximate surface area is 129 Å². The van der Waals surface area contributed by atoms with Crippen LogP contribution in [0.3, 0.4) is 0 Å². The van der Waals surface area contributed by atoms with Gasteiger partial charge in [-0.3, -0.25) is 4.79 Å². The number of nitrogens with two attached hydrogens (primary N) is 1. The molecule has 1 amide bonds. The van der Waals surface area contributed by atoms with E-state index in [1.807, 2.05) is 30.0 Å². The molecule has 0 radical (unpaired) electrons. The van der Waals surface area contributed by atoms with Crippen LogP contribution in [0.2, 0.25) is 0 Å². The average molecular weight is 290 g/mol. The number of hydrogen-bond acceptors (Lipinski definition) is 2. The van der Waals surface area contributed by atoms with Gasteiger partial charge < -0.3 is 10.6 Å². The Morgan fingerprint density at radius 3 is 2.14 bits per heavy atom. The summed E-state index contributed by atoms with van der Waals surface area (Å²) in [7, 11) is 0. The van der Waals surface area contributed by atoms with Gasteiger partial charge in [-0.1, -0.05) is 26.0 Å². The van der Waals surface area contributed by atoms with E-state index in [1.54, 1.807) is 0 Å². The summed E-state index contributed by atoms with van der Waals surface area (Å²) in [5, 5.41) is 0. The lowest BCUT2D eigenvalue weighted by Crippen LogP contribution is -2.45. The van der Waals surface area contributed by atoms with Gasteiger partial charge in [-0.15, -0.1) is 0 Å². The SMILES string of the molecule is CCC(c1cccc(N)c1)C(C)C(=O)N(C(C)C)C(C)C. The summed E-state index contributed by atoms with van der Waals surface area (Å²) in [6, 6.07) is 8.36. The van der Waals surface area contributed by atoms with E-state index in [9.17, 15) is 4.79 Å². The molecular formula is C18H30N2O. The number of hydrogen-bond donors (Lipinski definition) is 1. The Bertz CT molecular complexity index is 460. The van der Waals surface area contributed by atoms with Crippen LogP contribution in [0.25, 0.3) is 0 Å². The number of benzene rings is 1. The first-order valence-corrected chi connectivity index (χ1v) is 7.97. The number of amides is 1. The van der Waals surface area contributed by atoms with E-state index in [2.05, 4.69) is 40.7 Å². The van der Waals surface area contributed by atoms with Crippen molar-refractivity contribution in [2.24, 2.45) is 5.92 Å². The molecule has 21 heavy (non-hydrogen) atoms. The van der Waals surface area contributed by atoms with Crippen LogP contribution in [0.5, 0.6) is 0 Å². The first kappa shape index (κ1) is 17.5. The highest BCUT2D eigenvalue weighted by molar-refractivity contribution is 5.80. The molecule has 1 rings (SSSR count). The Morgan fingerprint density at radius 2 is 1.71 bits per heavy atom. The Morgan fingerprint density at radius 1 is 1.14 bits per heavy atom. The minimum absolute atomic E-state index is 0.0402. The summed E-state index contributed by atoms with van der Waals surface area (Å²) in [6.07, 6.45) is 0.931. The number of nitrogen functional groups attached to an aromatic ring is 1. The van der Waals surface area contributed by atoms with Crippen molar-refractivity contribution in [1.29, 1.82) is 0 Å². The topological polar surface area (TPSA) is 46.3 Å². The molecule has 0 aromatic heterocycles. The zero-order valence-electron chi connectivity index (χ0n) is 14.3. The van der Waals surface area contributed by atoms with Gasteiger partial charge in [0, 0.05) is 23.7 Å². The Balaban J connectivity index is 3.02. The van der Waals surface area contributed by atoms with Crippen molar-refractivity contribution in [3.63, 3.8) is 0 Å². The van der Waals surface area contributed by atoms with E-state index < -0.39 is 0 Å². The molecule has 1 aromatic carbocycles. The Hall–Kier alpha value is -1.51. The summed E-state index contributed by atoms with van der Waals surface area (Å²) < 4.78 is 0. The van der Waals surface area contributed by atoms with Crippen LogP contribution >= 0.6 is 0 Å². The number of anilines is 1. The fourth-order valence-electron chi connectivity index (χ4n) is 3.18. The normalized spacial score (nSPS) is 14.3. The smallest absolute Gasteiger partial charge is 0.226 e. The lowest BCUT2D eigenvalue weighted by Gasteiger charge is -2.35. The summed E-state index contributed by atoms with van der Waals surface area (Å²) in [4.78, 5) is 14.9. The predicted octanol–water partition coefficient (Wildman–Crippen LogP) is 4.04. The first-order valence-electron chi connectivity index (χ1n) is 7.97. The molecule has 0 aliphatic heterocycles. The van der Waals surface area contributed by atoms with Gasteiger partial charge in [0.2, 0.25) is 5.91 Å². The monoisotopic (exact) mass is 290 g/mol. The Kier molecular flexibility index (Phi) is 6.25. The number of rotatable bonds is 6. The number of carbonyl (C=O) groups excluding carboxylic acids is 1. The van der Waals surface area contributed by atoms with Gasteiger partial charge in [-0.2, -0.15) is 0 Å². The van der Waals surface area contributed by atoms with Crippen LogP contribution in [0.1, 0.15) is 59.4 Å². The van der Waals surface area contributed by atoms with E-state index in [4.69, 9.17) is 5.73 Å². The van der Waals surface area contributed by atoms with Gasteiger partial charge in [0.15, 0.2) is 0 Å². The maximum atomic E-state index is 12.9. The minimum Gasteiger partial charge on any atom is -0.399 e. The highest BCUT2D eigenvalue weighted by atomic mass is 16.2. The molecule has 2 unspecified atom stereocenters. The second-order valence-electron chi connectivity index (χ2n) is 6.41. The molecule has 0 spiro atoms. The van der Waals surface area contributed by atoms with Crippen molar-refractivity contribution in [3.05, 3.63) is 29.8 Å². The van der Waals surface area contributed by atoms with Gasteiger partial charge >= 0.3 is 0 Å². The summed E-state index contributed by atoms with van der Waals surface area (Å²) in [6.45, 7) is 12.5. The van der Waals surface area contributed by atoms with Crippen LogP contribution in [-0.4, -0.2) is 22.9 Å². The third kappa shape index (κ3) is 4.23. The molecule has 0 aliphatic rings. The number of nitrogens with zero attached hydrogens (tertiary/aromatic N) is 1. The molecule has 0 bridgehead atoms. The highest BCUT2D eigenvalue weighted by Crippen LogP contribution is 2.31. The molecule has 1 aromatic rings. The fourth-order valence-corrected chi connectivity index (χ4v) is 3.18. The molecule has 3 nitrogen and oxygen atoms in total. The largest absolute Gasteiger partial charge is 0.399 e. The lowest BCUT2D eigenvalue weighted by atomic mass is 9.83. The molecule has 2 atom stereocenters. The van der Waals surface area contributed by atoms with Crippen LogP contribution < -0.4 is 5.73 Å². The van der Waals surface area contributed by atoms with Crippen LogP contribution in [0.4, 0.5) is 5.69 Å². The van der Waals surface area contributed by atoms with Crippen LogP contribution in [0, 0.1) is 5.92 Å². The van der Waals surface area contributed by atoms with E-state index in [0.717, 1.165) is 17.7 Å². The van der Waals surface area contributed by atoms with Crippen molar-refractivity contribution >= 4 is 11.6 Å². The molecule has 118 valence electrons. The van der Waals surface area contributed by atoms with Gasteiger partial charge in [0.25, 0.3) is 0 Å². The summed E-state index contributed by atoms with van der Waals surface area (Å²) in [5.41, 5.74) is 7.81. The van der Waals surface area contributed by atoms with Crippen molar-refractivity contribution in [2.75, 3.05) is 5.73 Å². The van der Waals surface area contributed by atoms with Crippen LogP contribution in [-0.2, 0) is 4.79 Å². The van der Waals surface area contributed by atoms with Crippen LogP contribution in [0.15, 0.2) is 24.3 Å². The van der Waals surface area contributed by atoms with Gasteiger partial charge in [0.05, 0.1) is 0 Å². The van der Waals surface area contributed by atoms with Gasteiger partial charge in [-0.05, 0) is 57.7 Å². The zero-order valence-corrected chi connectivity index (χ0v) is 14.3. The molecule has 3 heteroatoms. The maximum absolute atomic E-state index is 12.9. The van der Waals surface area contributed by atoms with E-state index in [0.29, 0.717) is 0 Å². The van der Waals surface area contributed by atoms with Gasteiger partial charge in [-0.25, -0.2) is 0 Å². The third-order valence-electron chi connectivity index (χ3n) is 4.14. The van der Waals surface area contributed by atoms with E-state index >= 15 is 0 Å². The quantitative estimate of drug-likeness (QED) is 0.804. The van der Waals surface area contributed by atoms with E-state index in [1.165, 1.54) is 0 Å². The fraction of sp³-hybridized carbons (Fsp3) is 0.611. The average Bonchev–Trinajstić information content (AvgIpc) is 2.38. The molecule has 2 N–H and O–H groups in total. The second kappa shape index (κ2) is 7.48. The maximum Gasteiger partial charge on any atom is 0.226 e.